The first-order valence-corrected chi connectivity index (χ1v) is 14.9. The molecule has 0 saturated carbocycles. The fourth-order valence-corrected chi connectivity index (χ4v) is 4.11. The lowest BCUT2D eigenvalue weighted by molar-refractivity contribution is -0.159. The molecule has 7 N–H and O–H groups in total. The molecule has 1 amide bonds. The van der Waals surface area contributed by atoms with E-state index in [-0.39, 0.29) is 5.91 Å². The fourth-order valence-electron chi connectivity index (χ4n) is 4.11. The number of hydrogen-bond donors (Lipinski definition) is 5. The van der Waals surface area contributed by atoms with Crippen molar-refractivity contribution in [1.29, 1.82) is 0 Å². The van der Waals surface area contributed by atoms with Gasteiger partial charge in [0.15, 0.2) is 6.10 Å². The summed E-state index contributed by atoms with van der Waals surface area (Å²) in [7, 11) is 0. The number of nitrogens with one attached hydrogen (secondary N) is 2. The van der Waals surface area contributed by atoms with Crippen molar-refractivity contribution < 1.29 is 19.4 Å². The van der Waals surface area contributed by atoms with Crippen LogP contribution in [0.5, 0.6) is 0 Å². The molecule has 0 bridgehead atoms. The molecule has 0 aliphatic carbocycles. The number of unbranched alkanes of at least 4 members (excludes halogenated alkanes) is 12. The molecule has 0 spiro atoms. The highest BCUT2D eigenvalue weighted by molar-refractivity contribution is 5.81. The van der Waals surface area contributed by atoms with Gasteiger partial charge in [0.1, 0.15) is 12.3 Å². The Bertz CT molecular complexity index is 471. The molecular formula is C28H60N4O4. The number of carbonyl (C=O) groups excluding carboxylic acids is 1. The average Bonchev–Trinajstić information content (AvgIpc) is 2.88. The maximum absolute atomic E-state index is 13.0. The highest BCUT2D eigenvalue weighted by Gasteiger charge is 2.35. The molecule has 0 aromatic carbocycles. The van der Waals surface area contributed by atoms with Crippen LogP contribution in [0.3, 0.4) is 0 Å². The number of aliphatic hydroxyl groups is 1. The zero-order chi connectivity index (χ0) is 26.7. The van der Waals surface area contributed by atoms with E-state index in [2.05, 4.69) is 10.6 Å². The predicted octanol–water partition coefficient (Wildman–Crippen LogP) is 3.98. The van der Waals surface area contributed by atoms with E-state index in [1.54, 1.807) is 0 Å². The number of aliphatic hydroxyl groups excluding tert-OH is 1. The summed E-state index contributed by atoms with van der Waals surface area (Å²) in [4.78, 5) is 13.0. The summed E-state index contributed by atoms with van der Waals surface area (Å²) in [6.45, 7) is 7.82. The second-order valence-electron chi connectivity index (χ2n) is 9.84. The summed E-state index contributed by atoms with van der Waals surface area (Å²) in [5.74, 6) is -0.208. The molecule has 0 saturated heterocycles. The highest BCUT2D eigenvalue weighted by atomic mass is 16.6. The van der Waals surface area contributed by atoms with Crippen LogP contribution in [-0.4, -0.2) is 68.8 Å². The van der Waals surface area contributed by atoms with Gasteiger partial charge in [-0.2, -0.15) is 0 Å². The Kier molecular flexibility index (Phi) is 26.7. The van der Waals surface area contributed by atoms with Crippen LogP contribution in [0.4, 0.5) is 0 Å². The lowest BCUT2D eigenvalue weighted by atomic mass is 10.1. The third-order valence-electron chi connectivity index (χ3n) is 6.33. The quantitative estimate of drug-likeness (QED) is 0.0785. The van der Waals surface area contributed by atoms with Gasteiger partial charge in [0.05, 0.1) is 0 Å². The van der Waals surface area contributed by atoms with Crippen molar-refractivity contribution in [3.05, 3.63) is 0 Å². The number of ether oxygens (including phenoxy) is 2. The zero-order valence-corrected chi connectivity index (χ0v) is 23.6. The minimum atomic E-state index is -0.957. The monoisotopic (exact) mass is 516 g/mol. The minimum Gasteiger partial charge on any atom is -0.376 e. The zero-order valence-electron chi connectivity index (χ0n) is 23.6. The SMILES string of the molecule is CCCNC(=O)[C@H](OCCCCCCCCCN)[C@@H](OCCCCCCCCCN)C(O)NCCC. The molecule has 0 radical (unpaired) electrons. The van der Waals surface area contributed by atoms with Crippen LogP contribution >= 0.6 is 0 Å². The molecule has 3 atom stereocenters. The summed E-state index contributed by atoms with van der Waals surface area (Å²) in [6.07, 6.45) is 14.9. The lowest BCUT2D eigenvalue weighted by Crippen LogP contribution is -2.54. The standard InChI is InChI=1S/C28H60N4O4/c1-3-21-31-27(33)25(35-23-17-13-9-5-7-11-15-19-29)26(28(34)32-22-4-2)36-24-18-14-10-6-8-12-16-20-30/h25-27,31,33H,3-24,29-30H2,1-2H3,(H,32,34)/t25-,26-,27?/m1/s1. The van der Waals surface area contributed by atoms with Crippen molar-refractivity contribution in [2.24, 2.45) is 11.5 Å². The summed E-state index contributed by atoms with van der Waals surface area (Å²) in [5.41, 5.74) is 11.1. The van der Waals surface area contributed by atoms with E-state index in [0.717, 1.165) is 70.9 Å². The number of hydrogen-bond acceptors (Lipinski definition) is 7. The van der Waals surface area contributed by atoms with Crippen LogP contribution in [0.2, 0.25) is 0 Å². The lowest BCUT2D eigenvalue weighted by Gasteiger charge is -2.31. The van der Waals surface area contributed by atoms with Gasteiger partial charge in [-0.15, -0.1) is 0 Å². The molecule has 0 aliphatic heterocycles. The van der Waals surface area contributed by atoms with Gasteiger partial charge >= 0.3 is 0 Å². The van der Waals surface area contributed by atoms with Crippen molar-refractivity contribution in [3.8, 4) is 0 Å². The Morgan fingerprint density at radius 2 is 1.14 bits per heavy atom. The van der Waals surface area contributed by atoms with Gasteiger partial charge in [-0.3, -0.25) is 10.1 Å². The molecule has 0 heterocycles. The van der Waals surface area contributed by atoms with Crippen molar-refractivity contribution in [1.82, 2.24) is 10.6 Å². The van der Waals surface area contributed by atoms with Crippen molar-refractivity contribution in [3.63, 3.8) is 0 Å². The summed E-state index contributed by atoms with van der Waals surface area (Å²) in [5, 5.41) is 16.9. The average molecular weight is 517 g/mol. The second-order valence-corrected chi connectivity index (χ2v) is 9.84. The number of amides is 1. The van der Waals surface area contributed by atoms with E-state index >= 15 is 0 Å². The van der Waals surface area contributed by atoms with Gasteiger partial charge in [-0.05, 0) is 58.2 Å². The van der Waals surface area contributed by atoms with E-state index in [9.17, 15) is 9.90 Å². The molecule has 216 valence electrons. The Hall–Kier alpha value is -0.770. The molecular weight excluding hydrogens is 456 g/mol. The molecule has 8 nitrogen and oxygen atoms in total. The van der Waals surface area contributed by atoms with Gasteiger partial charge in [-0.25, -0.2) is 0 Å². The van der Waals surface area contributed by atoms with Gasteiger partial charge in [0, 0.05) is 19.8 Å². The van der Waals surface area contributed by atoms with Crippen LogP contribution in [0.25, 0.3) is 0 Å². The van der Waals surface area contributed by atoms with Gasteiger partial charge in [0.25, 0.3) is 5.91 Å². The highest BCUT2D eigenvalue weighted by Crippen LogP contribution is 2.14. The summed E-state index contributed by atoms with van der Waals surface area (Å²) >= 11 is 0. The molecule has 8 heteroatoms. The van der Waals surface area contributed by atoms with E-state index < -0.39 is 18.4 Å². The molecule has 0 aliphatic rings. The van der Waals surface area contributed by atoms with E-state index in [1.165, 1.54) is 44.9 Å². The Balaban J connectivity index is 4.73. The Labute approximate surface area is 222 Å². The molecule has 0 aromatic rings. The molecule has 0 aromatic heterocycles. The number of rotatable bonds is 28. The smallest absolute Gasteiger partial charge is 0.252 e. The van der Waals surface area contributed by atoms with E-state index in [0.29, 0.717) is 26.3 Å². The molecule has 36 heavy (non-hydrogen) atoms. The van der Waals surface area contributed by atoms with Crippen molar-refractivity contribution in [2.75, 3.05) is 39.4 Å². The first-order chi connectivity index (χ1) is 17.6. The Morgan fingerprint density at radius 1 is 0.694 bits per heavy atom. The maximum atomic E-state index is 13.0. The van der Waals surface area contributed by atoms with Crippen LogP contribution < -0.4 is 22.1 Å². The van der Waals surface area contributed by atoms with Gasteiger partial charge in [0.2, 0.25) is 0 Å². The Morgan fingerprint density at radius 3 is 1.61 bits per heavy atom. The predicted molar refractivity (Wildman–Crippen MR) is 150 cm³/mol. The van der Waals surface area contributed by atoms with Crippen molar-refractivity contribution in [2.45, 2.75) is 135 Å². The topological polar surface area (TPSA) is 132 Å². The van der Waals surface area contributed by atoms with Crippen LogP contribution in [0, 0.1) is 0 Å². The number of carbonyl (C=O) groups is 1. The fraction of sp³-hybridized carbons (Fsp3) is 0.964. The number of nitrogens with two attached hydrogens (primary N) is 2. The van der Waals surface area contributed by atoms with Crippen LogP contribution in [0.1, 0.15) is 117 Å². The molecule has 1 unspecified atom stereocenters. The maximum Gasteiger partial charge on any atom is 0.252 e. The first kappa shape index (κ1) is 35.2. The van der Waals surface area contributed by atoms with Crippen molar-refractivity contribution >= 4 is 5.91 Å². The third kappa shape index (κ3) is 20.3. The minimum absolute atomic E-state index is 0.208. The van der Waals surface area contributed by atoms with E-state index in [4.69, 9.17) is 20.9 Å². The molecule has 0 fully saturated rings. The van der Waals surface area contributed by atoms with E-state index in [1.807, 2.05) is 13.8 Å². The summed E-state index contributed by atoms with van der Waals surface area (Å²) in [6, 6.07) is 0. The van der Waals surface area contributed by atoms with Crippen LogP contribution in [0.15, 0.2) is 0 Å². The second kappa shape index (κ2) is 27.3. The van der Waals surface area contributed by atoms with Gasteiger partial charge < -0.3 is 31.4 Å². The first-order valence-electron chi connectivity index (χ1n) is 14.9. The largest absolute Gasteiger partial charge is 0.376 e. The van der Waals surface area contributed by atoms with Gasteiger partial charge in [-0.1, -0.05) is 78.1 Å². The summed E-state index contributed by atoms with van der Waals surface area (Å²) < 4.78 is 12.2. The van der Waals surface area contributed by atoms with Crippen LogP contribution in [-0.2, 0) is 14.3 Å². The normalized spacial score (nSPS) is 14.0. The third-order valence-corrected chi connectivity index (χ3v) is 6.33. The molecule has 0 rings (SSSR count).